The second-order valence-electron chi connectivity index (χ2n) is 5.46. The van der Waals surface area contributed by atoms with Gasteiger partial charge in [0.2, 0.25) is 0 Å². The van der Waals surface area contributed by atoms with Crippen molar-refractivity contribution in [3.8, 4) is 11.3 Å². The topological polar surface area (TPSA) is 76.6 Å². The first-order chi connectivity index (χ1) is 12.4. The molecule has 134 valence electrons. The Morgan fingerprint density at radius 3 is 2.85 bits per heavy atom. The van der Waals surface area contributed by atoms with Crippen molar-refractivity contribution in [2.24, 2.45) is 0 Å². The van der Waals surface area contributed by atoms with Crippen LogP contribution in [0.2, 0.25) is 5.02 Å². The zero-order valence-corrected chi connectivity index (χ0v) is 16.0. The lowest BCUT2D eigenvalue weighted by molar-refractivity contribution is -0.384. The SMILES string of the molecule is CCCN1C(=O)C(=Cc2ccc(-c3ccc(Cl)c([N+](=O)[O-])c3)o2)SC1=S. The summed E-state index contributed by atoms with van der Waals surface area (Å²) in [6, 6.07) is 7.82. The molecule has 0 N–H and O–H groups in total. The van der Waals surface area contributed by atoms with Gasteiger partial charge in [0.25, 0.3) is 11.6 Å². The highest BCUT2D eigenvalue weighted by atomic mass is 35.5. The highest BCUT2D eigenvalue weighted by molar-refractivity contribution is 8.26. The van der Waals surface area contributed by atoms with Crippen molar-refractivity contribution in [3.63, 3.8) is 0 Å². The molecule has 1 aromatic heterocycles. The molecule has 26 heavy (non-hydrogen) atoms. The number of hydrogen-bond donors (Lipinski definition) is 0. The molecule has 9 heteroatoms. The van der Waals surface area contributed by atoms with Gasteiger partial charge in [-0.25, -0.2) is 0 Å². The number of carbonyl (C=O) groups is 1. The summed E-state index contributed by atoms with van der Waals surface area (Å²) in [5.74, 6) is 0.775. The minimum Gasteiger partial charge on any atom is -0.457 e. The third-order valence-corrected chi connectivity index (χ3v) is 5.35. The quantitative estimate of drug-likeness (QED) is 0.296. The lowest BCUT2D eigenvalue weighted by atomic mass is 10.1. The van der Waals surface area contributed by atoms with Crippen LogP contribution in [0.25, 0.3) is 17.4 Å². The summed E-state index contributed by atoms with van der Waals surface area (Å²) in [4.78, 5) is 24.9. The van der Waals surface area contributed by atoms with Crippen LogP contribution in [0.1, 0.15) is 19.1 Å². The molecule has 0 unspecified atom stereocenters. The van der Waals surface area contributed by atoms with Gasteiger partial charge in [-0.15, -0.1) is 0 Å². The molecule has 0 saturated carbocycles. The molecule has 1 aliphatic heterocycles. The number of benzene rings is 1. The summed E-state index contributed by atoms with van der Waals surface area (Å²) in [5.41, 5.74) is 0.335. The molecule has 6 nitrogen and oxygen atoms in total. The molecule has 2 aromatic rings. The first-order valence-electron chi connectivity index (χ1n) is 7.70. The molecule has 0 atom stereocenters. The summed E-state index contributed by atoms with van der Waals surface area (Å²) in [5, 5.41) is 11.1. The van der Waals surface area contributed by atoms with E-state index in [4.69, 9.17) is 28.2 Å². The first kappa shape index (κ1) is 18.6. The second kappa shape index (κ2) is 7.61. The van der Waals surface area contributed by atoms with Crippen molar-refractivity contribution in [2.75, 3.05) is 6.54 Å². The molecule has 0 spiro atoms. The normalized spacial score (nSPS) is 15.9. The van der Waals surface area contributed by atoms with Gasteiger partial charge in [0.1, 0.15) is 20.9 Å². The Labute approximate surface area is 164 Å². The van der Waals surface area contributed by atoms with Gasteiger partial charge in [0, 0.05) is 24.3 Å². The van der Waals surface area contributed by atoms with E-state index in [-0.39, 0.29) is 16.6 Å². The first-order valence-corrected chi connectivity index (χ1v) is 9.30. The van der Waals surface area contributed by atoms with E-state index in [1.54, 1.807) is 29.2 Å². The minimum absolute atomic E-state index is 0.0603. The van der Waals surface area contributed by atoms with E-state index >= 15 is 0 Å². The largest absolute Gasteiger partial charge is 0.457 e. The molecular weight excluding hydrogens is 396 g/mol. The summed E-state index contributed by atoms with van der Waals surface area (Å²) in [6.07, 6.45) is 2.45. The fraction of sp³-hybridized carbons (Fsp3) is 0.176. The maximum atomic E-state index is 12.4. The number of thiocarbonyl (C=S) groups is 1. The Kier molecular flexibility index (Phi) is 5.45. The standard InChI is InChI=1S/C17H13ClN2O4S2/c1-2-7-19-16(21)15(26-17(19)25)9-11-4-6-14(24-11)10-3-5-12(18)13(8-10)20(22)23/h3-6,8-9H,2,7H2,1H3. The Bertz CT molecular complexity index is 939. The van der Waals surface area contributed by atoms with Crippen LogP contribution in [0.3, 0.4) is 0 Å². The third-order valence-electron chi connectivity index (χ3n) is 3.65. The van der Waals surface area contributed by atoms with Gasteiger partial charge in [-0.05, 0) is 30.7 Å². The van der Waals surface area contributed by atoms with Crippen LogP contribution in [0.15, 0.2) is 39.7 Å². The summed E-state index contributed by atoms with van der Waals surface area (Å²) < 4.78 is 6.25. The number of thioether (sulfide) groups is 1. The van der Waals surface area contributed by atoms with E-state index in [1.807, 2.05) is 6.92 Å². The third kappa shape index (κ3) is 3.67. The number of halogens is 1. The van der Waals surface area contributed by atoms with Gasteiger partial charge in [-0.2, -0.15) is 0 Å². The van der Waals surface area contributed by atoms with Crippen LogP contribution in [-0.2, 0) is 4.79 Å². The molecule has 1 amide bonds. The molecule has 0 radical (unpaired) electrons. The van der Waals surface area contributed by atoms with E-state index in [9.17, 15) is 14.9 Å². The molecular formula is C17H13ClN2O4S2. The van der Waals surface area contributed by atoms with Gasteiger partial charge >= 0.3 is 0 Å². The summed E-state index contributed by atoms with van der Waals surface area (Å²) in [7, 11) is 0. The van der Waals surface area contributed by atoms with Crippen molar-refractivity contribution in [1.82, 2.24) is 4.90 Å². The van der Waals surface area contributed by atoms with Crippen molar-refractivity contribution in [2.45, 2.75) is 13.3 Å². The number of rotatable bonds is 5. The monoisotopic (exact) mass is 408 g/mol. The molecule has 3 rings (SSSR count). The predicted molar refractivity (Wildman–Crippen MR) is 106 cm³/mol. The Balaban J connectivity index is 1.87. The number of carbonyl (C=O) groups excluding carboxylic acids is 1. The second-order valence-corrected chi connectivity index (χ2v) is 7.54. The number of hydrogen-bond acceptors (Lipinski definition) is 6. The van der Waals surface area contributed by atoms with Gasteiger partial charge in [0.05, 0.1) is 9.83 Å². The van der Waals surface area contributed by atoms with Crippen molar-refractivity contribution in [1.29, 1.82) is 0 Å². The zero-order chi connectivity index (χ0) is 18.8. The highest BCUT2D eigenvalue weighted by Crippen LogP contribution is 2.35. The maximum Gasteiger partial charge on any atom is 0.288 e. The Morgan fingerprint density at radius 1 is 1.38 bits per heavy atom. The zero-order valence-electron chi connectivity index (χ0n) is 13.6. The molecule has 1 fully saturated rings. The van der Waals surface area contributed by atoms with Crippen LogP contribution in [0.4, 0.5) is 5.69 Å². The average molecular weight is 409 g/mol. The van der Waals surface area contributed by atoms with E-state index in [2.05, 4.69) is 0 Å². The van der Waals surface area contributed by atoms with Gasteiger partial charge in [-0.1, -0.05) is 42.5 Å². The van der Waals surface area contributed by atoms with Crippen LogP contribution in [-0.4, -0.2) is 26.6 Å². The van der Waals surface area contributed by atoms with Crippen LogP contribution < -0.4 is 0 Å². The smallest absolute Gasteiger partial charge is 0.288 e. The predicted octanol–water partition coefficient (Wildman–Crippen LogP) is 5.12. The van der Waals surface area contributed by atoms with E-state index < -0.39 is 4.92 Å². The summed E-state index contributed by atoms with van der Waals surface area (Å²) in [6.45, 7) is 2.56. The van der Waals surface area contributed by atoms with Crippen LogP contribution in [0.5, 0.6) is 0 Å². The van der Waals surface area contributed by atoms with E-state index in [1.165, 1.54) is 23.9 Å². The highest BCUT2D eigenvalue weighted by Gasteiger charge is 2.31. The fourth-order valence-electron chi connectivity index (χ4n) is 2.44. The van der Waals surface area contributed by atoms with Gasteiger partial charge in [-0.3, -0.25) is 19.8 Å². The lowest BCUT2D eigenvalue weighted by Gasteiger charge is -2.11. The lowest BCUT2D eigenvalue weighted by Crippen LogP contribution is -2.28. The maximum absolute atomic E-state index is 12.4. The van der Waals surface area contributed by atoms with Crippen LogP contribution >= 0.6 is 35.6 Å². The summed E-state index contributed by atoms with van der Waals surface area (Å²) >= 11 is 12.3. The molecule has 1 aromatic carbocycles. The van der Waals surface area contributed by atoms with E-state index in [0.717, 1.165) is 6.42 Å². The van der Waals surface area contributed by atoms with Crippen molar-refractivity contribution < 1.29 is 14.1 Å². The van der Waals surface area contributed by atoms with Crippen molar-refractivity contribution in [3.05, 3.63) is 56.1 Å². The van der Waals surface area contributed by atoms with Gasteiger partial charge < -0.3 is 4.42 Å². The number of nitro benzene ring substituents is 1. The van der Waals surface area contributed by atoms with E-state index in [0.29, 0.717) is 32.9 Å². The Hall–Kier alpha value is -2.16. The minimum atomic E-state index is -0.547. The molecule has 1 saturated heterocycles. The fourth-order valence-corrected chi connectivity index (χ4v) is 3.91. The van der Waals surface area contributed by atoms with Crippen molar-refractivity contribution >= 4 is 57.6 Å². The molecule has 1 aliphatic rings. The average Bonchev–Trinajstić information content (AvgIpc) is 3.16. The van der Waals surface area contributed by atoms with Crippen LogP contribution in [0, 0.1) is 10.1 Å². The number of furan rings is 1. The molecule has 0 aliphatic carbocycles. The van der Waals surface area contributed by atoms with Gasteiger partial charge in [0.15, 0.2) is 0 Å². The number of nitrogens with zero attached hydrogens (tertiary/aromatic N) is 2. The Morgan fingerprint density at radius 2 is 2.15 bits per heavy atom. The molecule has 0 bridgehead atoms. The molecule has 2 heterocycles. The number of amides is 1. The number of nitro groups is 1.